The molecule has 2 heteroatoms. The molecule has 2 heterocycles. The first-order valence-electron chi connectivity index (χ1n) is 7.39. The van der Waals surface area contributed by atoms with Crippen LogP contribution in [0.15, 0.2) is 59.6 Å². The smallest absolute Gasteiger partial charge is 0.135 e. The molecule has 1 aromatic carbocycles. The van der Waals surface area contributed by atoms with Crippen LogP contribution in [0.25, 0.3) is 28.7 Å². The van der Waals surface area contributed by atoms with Crippen molar-refractivity contribution < 1.29 is 7.16 Å². The second kappa shape index (κ2) is 5.17. The van der Waals surface area contributed by atoms with E-state index in [2.05, 4.69) is 11.6 Å². The highest BCUT2D eigenvalue weighted by molar-refractivity contribution is 5.86. The van der Waals surface area contributed by atoms with Crippen molar-refractivity contribution in [3.8, 4) is 0 Å². The number of nitrogens with zero attached hydrogens (tertiary/aromatic N) is 1. The van der Waals surface area contributed by atoms with E-state index in [4.69, 9.17) is 7.16 Å². The van der Waals surface area contributed by atoms with Crippen LogP contribution in [0.4, 0.5) is 0 Å². The van der Waals surface area contributed by atoms with Gasteiger partial charge in [-0.05, 0) is 36.7 Å². The Labute approximate surface area is 120 Å². The summed E-state index contributed by atoms with van der Waals surface area (Å²) in [5.74, 6) is 0. The number of aromatic nitrogens is 1. The van der Waals surface area contributed by atoms with E-state index in [1.54, 1.807) is 6.08 Å². The van der Waals surface area contributed by atoms with Gasteiger partial charge < -0.3 is 4.42 Å². The van der Waals surface area contributed by atoms with E-state index in [0.717, 1.165) is 16.2 Å². The molecular formula is C18H15NO. The normalized spacial score (nSPS) is 14.4. The quantitative estimate of drug-likeness (QED) is 0.710. The molecule has 98 valence electrons. The Morgan fingerprint density at radius 1 is 1.35 bits per heavy atom. The third-order valence-electron chi connectivity index (χ3n) is 3.11. The maximum Gasteiger partial charge on any atom is 0.135 e. The summed E-state index contributed by atoms with van der Waals surface area (Å²) in [5.41, 5.74) is 2.45. The number of benzene rings is 1. The summed E-state index contributed by atoms with van der Waals surface area (Å²) in [4.78, 5) is 4.15. The Hall–Kier alpha value is -2.61. The predicted octanol–water partition coefficient (Wildman–Crippen LogP) is 3.12. The molecule has 0 saturated heterocycles. The van der Waals surface area contributed by atoms with Gasteiger partial charge in [0.2, 0.25) is 0 Å². The lowest BCUT2D eigenvalue weighted by molar-refractivity contribution is 0.576. The van der Waals surface area contributed by atoms with Crippen LogP contribution in [0.2, 0.25) is 0 Å². The third-order valence-corrected chi connectivity index (χ3v) is 3.11. The van der Waals surface area contributed by atoms with Crippen molar-refractivity contribution in [3.05, 3.63) is 71.5 Å². The molecule has 0 amide bonds. The Balaban J connectivity index is 2.21. The van der Waals surface area contributed by atoms with Crippen LogP contribution in [0.1, 0.15) is 15.4 Å². The fourth-order valence-electron chi connectivity index (χ4n) is 2.17. The van der Waals surface area contributed by atoms with E-state index in [-0.39, 0.29) is 12.1 Å². The second-order valence-corrected chi connectivity index (χ2v) is 4.40. The molecule has 0 atom stereocenters. The summed E-state index contributed by atoms with van der Waals surface area (Å²) in [6, 6.07) is 9.51. The molecule has 0 radical (unpaired) electrons. The van der Waals surface area contributed by atoms with Crippen LogP contribution in [0.5, 0.6) is 0 Å². The molecule has 0 spiro atoms. The summed E-state index contributed by atoms with van der Waals surface area (Å²) in [6.45, 7) is 5.93. The maximum atomic E-state index is 7.93. The van der Waals surface area contributed by atoms with Gasteiger partial charge in [0.25, 0.3) is 0 Å². The van der Waals surface area contributed by atoms with Crippen molar-refractivity contribution in [1.29, 1.82) is 0 Å². The molecule has 2 nitrogen and oxygen atoms in total. The minimum atomic E-state index is 0.0712. The van der Waals surface area contributed by atoms with Crippen LogP contribution in [-0.4, -0.2) is 4.98 Å². The number of pyridine rings is 1. The lowest BCUT2D eigenvalue weighted by atomic mass is 10.1. The van der Waals surface area contributed by atoms with E-state index >= 15 is 0 Å². The van der Waals surface area contributed by atoms with Crippen molar-refractivity contribution >= 4 is 28.7 Å². The van der Waals surface area contributed by atoms with Gasteiger partial charge in [-0.3, -0.25) is 4.98 Å². The van der Waals surface area contributed by atoms with Crippen molar-refractivity contribution in [2.75, 3.05) is 0 Å². The zero-order valence-corrected chi connectivity index (χ0v) is 11.2. The van der Waals surface area contributed by atoms with Gasteiger partial charge in [-0.25, -0.2) is 0 Å². The minimum Gasteiger partial charge on any atom is -0.456 e. The van der Waals surface area contributed by atoms with Gasteiger partial charge in [-0.1, -0.05) is 36.9 Å². The van der Waals surface area contributed by atoms with Crippen LogP contribution < -0.4 is 10.6 Å². The molecule has 20 heavy (non-hydrogen) atoms. The van der Waals surface area contributed by atoms with E-state index in [1.165, 1.54) is 12.3 Å². The van der Waals surface area contributed by atoms with Gasteiger partial charge in [0, 0.05) is 16.8 Å². The molecule has 0 aliphatic carbocycles. The number of hydrogen-bond acceptors (Lipinski definition) is 2. The topological polar surface area (TPSA) is 26.0 Å². The first kappa shape index (κ1) is 10.2. The van der Waals surface area contributed by atoms with Gasteiger partial charge >= 0.3 is 0 Å². The first-order chi connectivity index (χ1) is 10.6. The highest BCUT2D eigenvalue weighted by Gasteiger charge is 2.02. The lowest BCUT2D eigenvalue weighted by Crippen LogP contribution is -2.19. The van der Waals surface area contributed by atoms with E-state index < -0.39 is 0 Å². The van der Waals surface area contributed by atoms with Gasteiger partial charge in [0.05, 0.1) is 8.44 Å². The fourth-order valence-corrected chi connectivity index (χ4v) is 2.17. The highest BCUT2D eigenvalue weighted by atomic mass is 16.3. The molecule has 0 aliphatic rings. The zero-order chi connectivity index (χ0) is 15.7. The van der Waals surface area contributed by atoms with Gasteiger partial charge in [-0.2, -0.15) is 0 Å². The third kappa shape index (κ3) is 2.16. The summed E-state index contributed by atoms with van der Waals surface area (Å²) < 4.78 is 21.5. The number of allylic oxidation sites excluding steroid dienone is 1. The number of fused-ring (bicyclic) bond motifs is 1. The molecule has 0 unspecified atom stereocenters. The van der Waals surface area contributed by atoms with Crippen molar-refractivity contribution in [2.45, 2.75) is 6.92 Å². The van der Waals surface area contributed by atoms with E-state index in [1.807, 2.05) is 37.3 Å². The second-order valence-electron chi connectivity index (χ2n) is 4.40. The van der Waals surface area contributed by atoms with Gasteiger partial charge in [0.1, 0.15) is 11.0 Å². The van der Waals surface area contributed by atoms with Crippen molar-refractivity contribution in [2.24, 2.45) is 0 Å². The fraction of sp³-hybridized carbons (Fsp3) is 0.0556. The van der Waals surface area contributed by atoms with Crippen LogP contribution >= 0.6 is 0 Å². The van der Waals surface area contributed by atoms with Crippen LogP contribution in [0, 0.1) is 0 Å². The van der Waals surface area contributed by atoms with Crippen molar-refractivity contribution in [3.63, 3.8) is 0 Å². The van der Waals surface area contributed by atoms with Gasteiger partial charge in [0.15, 0.2) is 0 Å². The Morgan fingerprint density at radius 3 is 3.05 bits per heavy atom. The zero-order valence-electron chi connectivity index (χ0n) is 13.2. The Kier molecular flexibility index (Phi) is 2.64. The van der Waals surface area contributed by atoms with E-state index in [0.29, 0.717) is 16.7 Å². The molecule has 0 bridgehead atoms. The average molecular weight is 263 g/mol. The molecular weight excluding hydrogens is 246 g/mol. The molecule has 2 aromatic heterocycles. The first-order valence-corrected chi connectivity index (χ1v) is 6.39. The molecule has 3 rings (SSSR count). The largest absolute Gasteiger partial charge is 0.456 e. The molecule has 3 aromatic rings. The molecule has 0 N–H and O–H groups in total. The Morgan fingerprint density at radius 2 is 2.20 bits per heavy atom. The summed E-state index contributed by atoms with van der Waals surface area (Å²) in [5, 5.41) is 2.03. The predicted molar refractivity (Wildman–Crippen MR) is 83.3 cm³/mol. The number of para-hydroxylation sites is 1. The number of rotatable bonds is 2. The minimum absolute atomic E-state index is 0.0712. The highest BCUT2D eigenvalue weighted by Crippen LogP contribution is 2.11. The van der Waals surface area contributed by atoms with Crippen LogP contribution in [-0.2, 0) is 0 Å². The number of furan rings is 1. The maximum absolute atomic E-state index is 7.93. The monoisotopic (exact) mass is 263 g/mol. The summed E-state index contributed by atoms with van der Waals surface area (Å²) in [6.07, 6.45) is 5.27. The van der Waals surface area contributed by atoms with Crippen molar-refractivity contribution in [1.82, 2.24) is 4.98 Å². The molecule has 0 aliphatic heterocycles. The molecule has 0 saturated carbocycles. The van der Waals surface area contributed by atoms with Gasteiger partial charge in [-0.15, -0.1) is 0 Å². The SMILES string of the molecule is [2H]c1ccnc(C(=C)C=c2oc3ccccc3/c2=C\C)c1[2H]. The van der Waals surface area contributed by atoms with E-state index in [9.17, 15) is 0 Å². The Bertz CT molecular complexity index is 986. The number of hydrogen-bond donors (Lipinski definition) is 0. The average Bonchev–Trinajstić information content (AvgIpc) is 2.86. The summed E-state index contributed by atoms with van der Waals surface area (Å²) >= 11 is 0. The standard InChI is InChI=1S/C18H15NO/c1-3-14-15-8-4-5-10-17(15)20-18(14)12-13(2)16-9-6-7-11-19-16/h3-12H,2H2,1H3/b14-3+,18-12?/i6D,9D. The van der Waals surface area contributed by atoms with Crippen LogP contribution in [0.3, 0.4) is 0 Å². The molecule has 0 fully saturated rings. The summed E-state index contributed by atoms with van der Waals surface area (Å²) in [7, 11) is 0. The lowest BCUT2D eigenvalue weighted by Gasteiger charge is -1.96.